The zero-order valence-electron chi connectivity index (χ0n) is 18.1. The van der Waals surface area contributed by atoms with E-state index in [0.717, 1.165) is 16.3 Å². The molecule has 3 rings (SSSR count). The molecule has 7 heteroatoms. The molecule has 0 aliphatic rings. The van der Waals surface area contributed by atoms with Gasteiger partial charge in [0.25, 0.3) is 0 Å². The molecule has 0 saturated heterocycles. The van der Waals surface area contributed by atoms with Gasteiger partial charge in [0.1, 0.15) is 11.9 Å². The number of anilines is 1. The molecule has 2 N–H and O–H groups in total. The van der Waals surface area contributed by atoms with E-state index in [2.05, 4.69) is 17.9 Å². The number of hydrogen-bond donors (Lipinski definition) is 3. The van der Waals surface area contributed by atoms with Crippen LogP contribution in [0.2, 0.25) is 0 Å². The second-order valence-corrected chi connectivity index (χ2v) is 8.46. The highest BCUT2D eigenvalue weighted by molar-refractivity contribution is 7.81. The lowest BCUT2D eigenvalue weighted by atomic mass is 9.80. The number of rotatable bonds is 8. The number of ether oxygens (including phenoxy) is 2. The van der Waals surface area contributed by atoms with Crippen molar-refractivity contribution in [3.05, 3.63) is 72.3 Å². The number of hydrogen-bond acceptors (Lipinski definition) is 6. The minimum atomic E-state index is -0.646. The molecule has 0 fully saturated rings. The van der Waals surface area contributed by atoms with Gasteiger partial charge in [-0.1, -0.05) is 62.4 Å². The molecule has 0 aliphatic carbocycles. The van der Waals surface area contributed by atoms with Gasteiger partial charge in [-0.2, -0.15) is 12.6 Å². The molecule has 0 bridgehead atoms. The Hall–Kier alpha value is -3.19. The molecule has 0 saturated carbocycles. The summed E-state index contributed by atoms with van der Waals surface area (Å²) >= 11 is 3.91. The maximum Gasteiger partial charge on any atom is 0.412 e. The van der Waals surface area contributed by atoms with Gasteiger partial charge in [-0.25, -0.2) is 4.79 Å². The van der Waals surface area contributed by atoms with E-state index in [-0.39, 0.29) is 18.1 Å². The fourth-order valence-corrected chi connectivity index (χ4v) is 3.60. The predicted molar refractivity (Wildman–Crippen MR) is 128 cm³/mol. The van der Waals surface area contributed by atoms with Gasteiger partial charge in [-0.05, 0) is 35.6 Å². The zero-order valence-corrected chi connectivity index (χ0v) is 19.0. The molecule has 168 valence electrons. The van der Waals surface area contributed by atoms with E-state index in [1.807, 2.05) is 56.3 Å². The number of phenols is 1. The Morgan fingerprint density at radius 1 is 1.03 bits per heavy atom. The summed E-state index contributed by atoms with van der Waals surface area (Å²) in [4.78, 5) is 24.3. The number of carbonyl (C=O) groups excluding carboxylic acids is 2. The van der Waals surface area contributed by atoms with Crippen molar-refractivity contribution >= 4 is 41.2 Å². The number of fused-ring (bicyclic) bond motifs is 1. The Kier molecular flexibility index (Phi) is 7.64. The number of amides is 1. The monoisotopic (exact) mass is 453 g/mol. The summed E-state index contributed by atoms with van der Waals surface area (Å²) < 4.78 is 11.1. The molecule has 3 aromatic rings. The van der Waals surface area contributed by atoms with Crippen LogP contribution in [0.1, 0.15) is 31.9 Å². The van der Waals surface area contributed by atoms with Crippen LogP contribution >= 0.6 is 12.6 Å². The van der Waals surface area contributed by atoms with Crippen LogP contribution in [0.5, 0.6) is 5.75 Å². The highest BCUT2D eigenvalue weighted by Gasteiger charge is 2.34. The largest absolute Gasteiger partial charge is 0.508 e. The fraction of sp³-hybridized carbons (Fsp3) is 0.280. The van der Waals surface area contributed by atoms with Crippen LogP contribution in [-0.4, -0.2) is 29.5 Å². The first kappa shape index (κ1) is 23.5. The summed E-state index contributed by atoms with van der Waals surface area (Å²) in [5.41, 5.74) is 0.809. The molecule has 0 radical (unpaired) electrons. The van der Waals surface area contributed by atoms with Crippen molar-refractivity contribution in [2.75, 3.05) is 17.7 Å². The second-order valence-electron chi connectivity index (χ2n) is 8.15. The van der Waals surface area contributed by atoms with Gasteiger partial charge in [-0.15, -0.1) is 0 Å². The van der Waals surface area contributed by atoms with Gasteiger partial charge in [-0.3, -0.25) is 10.1 Å². The summed E-state index contributed by atoms with van der Waals surface area (Å²) in [6, 6.07) is 19.9. The average molecular weight is 454 g/mol. The number of benzene rings is 3. The van der Waals surface area contributed by atoms with Crippen molar-refractivity contribution in [1.29, 1.82) is 0 Å². The Labute approximate surface area is 193 Å². The van der Waals surface area contributed by atoms with Crippen LogP contribution in [0, 0.1) is 5.41 Å². The first-order valence-electron chi connectivity index (χ1n) is 10.3. The minimum absolute atomic E-state index is 0.00571. The molecule has 0 spiro atoms. The van der Waals surface area contributed by atoms with Crippen LogP contribution in [0.4, 0.5) is 10.5 Å². The molecular formula is C25H27NO5S. The normalized spacial score (nSPS) is 12.2. The fourth-order valence-electron chi connectivity index (χ4n) is 3.51. The Morgan fingerprint density at radius 3 is 2.44 bits per heavy atom. The van der Waals surface area contributed by atoms with E-state index >= 15 is 0 Å². The van der Waals surface area contributed by atoms with E-state index < -0.39 is 23.6 Å². The number of esters is 1. The van der Waals surface area contributed by atoms with Crippen molar-refractivity contribution < 1.29 is 24.2 Å². The van der Waals surface area contributed by atoms with Crippen molar-refractivity contribution in [2.45, 2.75) is 26.4 Å². The summed E-state index contributed by atoms with van der Waals surface area (Å²) in [5.74, 6) is -0.278. The average Bonchev–Trinajstić information content (AvgIpc) is 2.78. The van der Waals surface area contributed by atoms with E-state index in [4.69, 9.17) is 9.47 Å². The van der Waals surface area contributed by atoms with Gasteiger partial charge in [0.2, 0.25) is 0 Å². The first-order chi connectivity index (χ1) is 15.3. The molecule has 6 nitrogen and oxygen atoms in total. The molecule has 3 aromatic carbocycles. The smallest absolute Gasteiger partial charge is 0.412 e. The predicted octanol–water partition coefficient (Wildman–Crippen LogP) is 5.72. The summed E-state index contributed by atoms with van der Waals surface area (Å²) in [5, 5.41) is 14.4. The lowest BCUT2D eigenvalue weighted by molar-refractivity contribution is -0.141. The lowest BCUT2D eigenvalue weighted by Crippen LogP contribution is -2.30. The lowest BCUT2D eigenvalue weighted by Gasteiger charge is -2.34. The molecule has 32 heavy (non-hydrogen) atoms. The van der Waals surface area contributed by atoms with E-state index in [9.17, 15) is 14.7 Å². The number of thiol groups is 1. The molecule has 0 unspecified atom stereocenters. The summed E-state index contributed by atoms with van der Waals surface area (Å²) in [7, 11) is 0. The van der Waals surface area contributed by atoms with Crippen LogP contribution in [0.25, 0.3) is 10.8 Å². The molecule has 1 amide bonds. The van der Waals surface area contributed by atoms with Gasteiger partial charge in [0, 0.05) is 10.8 Å². The van der Waals surface area contributed by atoms with Crippen molar-refractivity contribution in [2.24, 2.45) is 5.41 Å². The van der Waals surface area contributed by atoms with Gasteiger partial charge in [0.05, 0.1) is 18.0 Å². The van der Waals surface area contributed by atoms with Crippen LogP contribution in [0.15, 0.2) is 66.7 Å². The van der Waals surface area contributed by atoms with Crippen molar-refractivity contribution in [1.82, 2.24) is 0 Å². The Balaban J connectivity index is 1.80. The maximum absolute atomic E-state index is 12.9. The van der Waals surface area contributed by atoms with E-state index in [0.29, 0.717) is 12.1 Å². The van der Waals surface area contributed by atoms with E-state index in [1.54, 1.807) is 24.3 Å². The standard InChI is InChI=1S/C25H27NO5S/c1-25(2,14-15-30-22(28)16-32)23(18-10-12-19(27)13-11-18)31-24(29)26-21-9-5-7-17-6-3-4-8-20(17)21/h3-13,23,27,32H,14-16H2,1-2H3,(H,26,29)/t23-/m1/s1. The molecular weight excluding hydrogens is 426 g/mol. The minimum Gasteiger partial charge on any atom is -0.508 e. The third-order valence-electron chi connectivity index (χ3n) is 5.30. The van der Waals surface area contributed by atoms with Crippen LogP contribution in [0.3, 0.4) is 0 Å². The Morgan fingerprint density at radius 2 is 1.72 bits per heavy atom. The number of aromatic hydroxyl groups is 1. The topological polar surface area (TPSA) is 84.9 Å². The van der Waals surface area contributed by atoms with Crippen molar-refractivity contribution in [3.63, 3.8) is 0 Å². The summed E-state index contributed by atoms with van der Waals surface area (Å²) in [6.45, 7) is 4.05. The van der Waals surface area contributed by atoms with Crippen LogP contribution < -0.4 is 5.32 Å². The number of nitrogens with one attached hydrogen (secondary N) is 1. The third-order valence-corrected chi connectivity index (χ3v) is 5.55. The maximum atomic E-state index is 12.9. The SMILES string of the molecule is CC(C)(CCOC(=O)CS)[C@H](OC(=O)Nc1cccc2ccccc12)c1ccc(O)cc1. The second kappa shape index (κ2) is 10.4. The zero-order chi connectivity index (χ0) is 23.1. The first-order valence-corrected chi connectivity index (χ1v) is 10.9. The third kappa shape index (κ3) is 5.95. The van der Waals surface area contributed by atoms with Gasteiger partial charge in [0.15, 0.2) is 0 Å². The van der Waals surface area contributed by atoms with Gasteiger partial charge >= 0.3 is 12.1 Å². The molecule has 0 aliphatic heterocycles. The van der Waals surface area contributed by atoms with Gasteiger partial charge < -0.3 is 14.6 Å². The Bertz CT molecular complexity index is 1080. The number of carbonyl (C=O) groups is 2. The molecule has 1 atom stereocenters. The van der Waals surface area contributed by atoms with Crippen LogP contribution in [-0.2, 0) is 14.3 Å². The van der Waals surface area contributed by atoms with Crippen molar-refractivity contribution in [3.8, 4) is 5.75 Å². The summed E-state index contributed by atoms with van der Waals surface area (Å²) in [6.07, 6.45) is -0.785. The highest BCUT2D eigenvalue weighted by atomic mass is 32.1. The molecule has 0 aromatic heterocycles. The van der Waals surface area contributed by atoms with E-state index in [1.165, 1.54) is 0 Å². The molecule has 0 heterocycles. The quantitative estimate of drug-likeness (QED) is 0.300. The number of phenolic OH excluding ortho intramolecular Hbond substituents is 1. The highest BCUT2D eigenvalue weighted by Crippen LogP contribution is 2.40.